The van der Waals surface area contributed by atoms with Gasteiger partial charge in [-0.25, -0.2) is 9.97 Å². The molecule has 1 rings (SSSR count). The molecule has 17 heavy (non-hydrogen) atoms. The van der Waals surface area contributed by atoms with Gasteiger partial charge in [0.1, 0.15) is 11.9 Å². The molecule has 5 heteroatoms. The number of rotatable bonds is 3. The van der Waals surface area contributed by atoms with E-state index in [1.54, 1.807) is 7.11 Å². The Kier molecular flexibility index (Phi) is 4.71. The zero-order valence-electron chi connectivity index (χ0n) is 11.0. The number of methoxy groups -OCH3 is 1. The Labute approximate surface area is 117 Å². The fourth-order valence-electron chi connectivity index (χ4n) is 1.58. The van der Waals surface area contributed by atoms with E-state index in [2.05, 4.69) is 53.3 Å². The number of aromatic nitrogens is 2. The van der Waals surface area contributed by atoms with E-state index in [1.165, 1.54) is 0 Å². The van der Waals surface area contributed by atoms with Crippen molar-refractivity contribution in [1.29, 1.82) is 0 Å². The molecule has 0 bridgehead atoms. The zero-order chi connectivity index (χ0) is 13.2. The molecule has 0 aliphatic carbocycles. The molecule has 1 aromatic rings. The number of nitrogen functional groups attached to an aromatic ring is 1. The number of nitrogens with two attached hydrogens (primary N) is 1. The third-order valence-electron chi connectivity index (χ3n) is 2.55. The maximum absolute atomic E-state index is 5.95. The third-order valence-corrected chi connectivity index (χ3v) is 3.61. The molecule has 1 heterocycles. The van der Waals surface area contributed by atoms with Crippen LogP contribution >= 0.6 is 22.6 Å². The van der Waals surface area contributed by atoms with E-state index in [0.29, 0.717) is 11.6 Å². The smallest absolute Gasteiger partial charge is 0.159 e. The Morgan fingerprint density at radius 1 is 1.35 bits per heavy atom. The summed E-state index contributed by atoms with van der Waals surface area (Å²) in [6.45, 7) is 8.40. The van der Waals surface area contributed by atoms with Gasteiger partial charge >= 0.3 is 0 Å². The van der Waals surface area contributed by atoms with Gasteiger partial charge in [0.25, 0.3) is 0 Å². The molecule has 0 saturated carbocycles. The van der Waals surface area contributed by atoms with Gasteiger partial charge in [0.15, 0.2) is 5.82 Å². The summed E-state index contributed by atoms with van der Waals surface area (Å²) in [5, 5.41) is 0. The van der Waals surface area contributed by atoms with Crippen molar-refractivity contribution < 1.29 is 4.74 Å². The highest BCUT2D eigenvalue weighted by Crippen LogP contribution is 2.30. The largest absolute Gasteiger partial charge is 0.383 e. The average Bonchev–Trinajstić information content (AvgIpc) is 2.23. The highest BCUT2D eigenvalue weighted by Gasteiger charge is 2.24. The maximum atomic E-state index is 5.95. The van der Waals surface area contributed by atoms with Crippen LogP contribution in [0.2, 0.25) is 0 Å². The van der Waals surface area contributed by atoms with Crippen LogP contribution in [0, 0.1) is 3.57 Å². The van der Waals surface area contributed by atoms with Crippen molar-refractivity contribution in [2.24, 2.45) is 0 Å². The quantitative estimate of drug-likeness (QED) is 0.852. The molecule has 0 fully saturated rings. The number of ether oxygens (including phenoxy) is 1. The van der Waals surface area contributed by atoms with Crippen molar-refractivity contribution in [3.8, 4) is 0 Å². The normalized spacial score (nSPS) is 13.8. The van der Waals surface area contributed by atoms with E-state index >= 15 is 0 Å². The van der Waals surface area contributed by atoms with Gasteiger partial charge in [0.2, 0.25) is 0 Å². The molecule has 0 radical (unpaired) electrons. The number of nitrogens with zero attached hydrogens (tertiary/aromatic N) is 2. The van der Waals surface area contributed by atoms with Crippen LogP contribution in [0.15, 0.2) is 0 Å². The lowest BCUT2D eigenvalue weighted by molar-refractivity contribution is 0.0922. The number of anilines is 1. The lowest BCUT2D eigenvalue weighted by atomic mass is 9.92. The Hall–Kier alpha value is -0.430. The highest BCUT2D eigenvalue weighted by atomic mass is 127. The molecule has 0 amide bonds. The summed E-state index contributed by atoms with van der Waals surface area (Å²) in [7, 11) is 1.67. The fraction of sp³-hybridized carbons (Fsp3) is 0.667. The Balaban J connectivity index is 3.33. The van der Waals surface area contributed by atoms with Gasteiger partial charge in [-0.05, 0) is 29.0 Å². The van der Waals surface area contributed by atoms with Crippen molar-refractivity contribution in [2.45, 2.75) is 45.6 Å². The summed E-state index contributed by atoms with van der Waals surface area (Å²) in [6.07, 6.45) is 0.746. The van der Waals surface area contributed by atoms with Gasteiger partial charge in [0, 0.05) is 12.5 Å². The van der Waals surface area contributed by atoms with Crippen LogP contribution in [0.5, 0.6) is 0 Å². The van der Waals surface area contributed by atoms with Crippen LogP contribution in [0.25, 0.3) is 0 Å². The highest BCUT2D eigenvalue weighted by molar-refractivity contribution is 14.1. The topological polar surface area (TPSA) is 61.0 Å². The summed E-state index contributed by atoms with van der Waals surface area (Å²) in [4.78, 5) is 8.95. The predicted molar refractivity (Wildman–Crippen MR) is 77.9 cm³/mol. The Morgan fingerprint density at radius 2 is 1.94 bits per heavy atom. The van der Waals surface area contributed by atoms with Crippen LogP contribution < -0.4 is 5.73 Å². The van der Waals surface area contributed by atoms with E-state index in [1.807, 2.05) is 6.92 Å². The van der Waals surface area contributed by atoms with E-state index in [9.17, 15) is 0 Å². The van der Waals surface area contributed by atoms with Gasteiger partial charge in [-0.1, -0.05) is 27.7 Å². The second-order valence-corrected chi connectivity index (χ2v) is 6.09. The van der Waals surface area contributed by atoms with Gasteiger partial charge < -0.3 is 10.5 Å². The first-order valence-electron chi connectivity index (χ1n) is 5.67. The molecular formula is C12H20IN3O. The third kappa shape index (κ3) is 3.28. The van der Waals surface area contributed by atoms with Crippen LogP contribution in [-0.4, -0.2) is 17.1 Å². The van der Waals surface area contributed by atoms with Crippen LogP contribution in [0.4, 0.5) is 5.82 Å². The van der Waals surface area contributed by atoms with Crippen LogP contribution in [-0.2, 0) is 10.2 Å². The van der Waals surface area contributed by atoms with Gasteiger partial charge in [-0.3, -0.25) is 0 Å². The molecular weight excluding hydrogens is 329 g/mol. The van der Waals surface area contributed by atoms with E-state index in [-0.39, 0.29) is 11.5 Å². The average molecular weight is 349 g/mol. The minimum Gasteiger partial charge on any atom is -0.383 e. The van der Waals surface area contributed by atoms with Crippen LogP contribution in [0.1, 0.15) is 51.7 Å². The molecule has 0 aliphatic heterocycles. The standard InChI is InChI=1S/C12H20IN3O/c1-6-7(17-5)11-15-9(12(2,3)4)8(13)10(14)16-11/h7H,6H2,1-5H3,(H2,14,15,16). The molecule has 96 valence electrons. The Morgan fingerprint density at radius 3 is 2.35 bits per heavy atom. The second kappa shape index (κ2) is 5.48. The summed E-state index contributed by atoms with van der Waals surface area (Å²) in [5.74, 6) is 1.22. The van der Waals surface area contributed by atoms with Crippen LogP contribution in [0.3, 0.4) is 0 Å². The van der Waals surface area contributed by atoms with Crippen molar-refractivity contribution in [3.63, 3.8) is 0 Å². The van der Waals surface area contributed by atoms with Crippen molar-refractivity contribution in [1.82, 2.24) is 9.97 Å². The number of hydrogen-bond donors (Lipinski definition) is 1. The molecule has 1 atom stereocenters. The molecule has 0 aromatic carbocycles. The fourth-order valence-corrected chi connectivity index (χ4v) is 2.63. The summed E-state index contributed by atoms with van der Waals surface area (Å²) in [6, 6.07) is 0. The molecule has 0 spiro atoms. The van der Waals surface area contributed by atoms with E-state index in [0.717, 1.165) is 15.7 Å². The summed E-state index contributed by atoms with van der Waals surface area (Å²) in [5.41, 5.74) is 6.89. The second-order valence-electron chi connectivity index (χ2n) is 5.01. The molecule has 2 N–H and O–H groups in total. The van der Waals surface area contributed by atoms with Gasteiger partial charge in [-0.15, -0.1) is 0 Å². The predicted octanol–water partition coefficient (Wildman–Crippen LogP) is 3.06. The summed E-state index contributed by atoms with van der Waals surface area (Å²) >= 11 is 2.20. The lowest BCUT2D eigenvalue weighted by Gasteiger charge is -2.22. The van der Waals surface area contributed by atoms with Gasteiger partial charge in [-0.2, -0.15) is 0 Å². The number of hydrogen-bond acceptors (Lipinski definition) is 4. The van der Waals surface area contributed by atoms with Crippen molar-refractivity contribution in [2.75, 3.05) is 12.8 Å². The SMILES string of the molecule is CCC(OC)c1nc(N)c(I)c(C(C)(C)C)n1. The van der Waals surface area contributed by atoms with E-state index < -0.39 is 0 Å². The maximum Gasteiger partial charge on any atom is 0.159 e. The first kappa shape index (κ1) is 14.6. The first-order valence-corrected chi connectivity index (χ1v) is 6.75. The van der Waals surface area contributed by atoms with Crippen molar-refractivity contribution >= 4 is 28.4 Å². The summed E-state index contributed by atoms with van der Waals surface area (Å²) < 4.78 is 6.30. The molecule has 4 nitrogen and oxygen atoms in total. The Bertz CT molecular complexity index is 397. The molecule has 1 unspecified atom stereocenters. The zero-order valence-corrected chi connectivity index (χ0v) is 13.2. The number of halogens is 1. The lowest BCUT2D eigenvalue weighted by Crippen LogP contribution is -2.20. The monoisotopic (exact) mass is 349 g/mol. The van der Waals surface area contributed by atoms with E-state index in [4.69, 9.17) is 10.5 Å². The minimum absolute atomic E-state index is 0.0473. The molecule has 1 aromatic heterocycles. The molecule has 0 saturated heterocycles. The molecule has 0 aliphatic rings. The van der Waals surface area contributed by atoms with Crippen molar-refractivity contribution in [3.05, 3.63) is 15.1 Å². The van der Waals surface area contributed by atoms with Gasteiger partial charge in [0.05, 0.1) is 9.26 Å². The minimum atomic E-state index is -0.0876. The first-order chi connectivity index (χ1) is 7.81.